The van der Waals surface area contributed by atoms with Crippen LogP contribution in [0.5, 0.6) is 0 Å². The Morgan fingerprint density at radius 3 is 1.69 bits per heavy atom. The first kappa shape index (κ1) is 17.3. The zero-order valence-electron chi connectivity index (χ0n) is 11.7. The molecule has 0 aliphatic rings. The third-order valence-electron chi connectivity index (χ3n) is 2.06. The fourth-order valence-electron chi connectivity index (χ4n) is 1.04. The summed E-state index contributed by atoms with van der Waals surface area (Å²) in [4.78, 5) is 22.8. The van der Waals surface area contributed by atoms with Crippen LogP contribution in [-0.4, -0.2) is 35.9 Å². The predicted molar refractivity (Wildman–Crippen MR) is 66.6 cm³/mol. The van der Waals surface area contributed by atoms with Gasteiger partial charge in [-0.2, -0.15) is 0 Å². The molecule has 2 amide bonds. The van der Waals surface area contributed by atoms with Gasteiger partial charge in [0.25, 0.3) is 0 Å². The van der Waals surface area contributed by atoms with Crippen LogP contribution in [0.25, 0.3) is 0 Å². The zero-order valence-corrected chi connectivity index (χ0v) is 11.7. The lowest BCUT2D eigenvalue weighted by Crippen LogP contribution is -2.44. The lowest BCUT2D eigenvalue weighted by atomic mass is 10.1. The zero-order chi connectivity index (χ0) is 13.3. The van der Waals surface area contributed by atoms with Gasteiger partial charge in [0, 0.05) is 26.9 Å². The maximum atomic E-state index is 11.5. The minimum absolute atomic E-state index is 0.0238. The van der Waals surface area contributed by atoms with E-state index in [2.05, 4.69) is 0 Å². The van der Waals surface area contributed by atoms with Gasteiger partial charge in [0.2, 0.25) is 11.8 Å². The third kappa shape index (κ3) is 6.43. The molecule has 0 aromatic heterocycles. The molecule has 0 saturated heterocycles. The summed E-state index contributed by atoms with van der Waals surface area (Å²) in [6, 6.07) is 0. The second-order valence-corrected chi connectivity index (χ2v) is 3.79. The SMILES string of the molecule is CC.CCC(=O)N(C)N(C)C(=O)CC(C)C. The van der Waals surface area contributed by atoms with Crippen LogP contribution in [0.15, 0.2) is 0 Å². The maximum absolute atomic E-state index is 11.5. The molecule has 0 atom stereocenters. The summed E-state index contributed by atoms with van der Waals surface area (Å²) < 4.78 is 0. The molecule has 4 nitrogen and oxygen atoms in total. The van der Waals surface area contributed by atoms with Gasteiger partial charge >= 0.3 is 0 Å². The molecule has 0 aliphatic heterocycles. The van der Waals surface area contributed by atoms with Gasteiger partial charge in [-0.3, -0.25) is 19.6 Å². The standard InChI is InChI=1S/C10H20N2O2.C2H6/c1-6-9(13)11(4)12(5)10(14)7-8(2)3;1-2/h8H,6-7H2,1-5H3;1-2H3. The van der Waals surface area contributed by atoms with Gasteiger partial charge in [-0.05, 0) is 5.92 Å². The fourth-order valence-corrected chi connectivity index (χ4v) is 1.04. The summed E-state index contributed by atoms with van der Waals surface area (Å²) in [6.07, 6.45) is 0.883. The van der Waals surface area contributed by atoms with Gasteiger partial charge in [0.15, 0.2) is 0 Å². The number of amides is 2. The summed E-state index contributed by atoms with van der Waals surface area (Å²) in [5, 5.41) is 2.75. The molecule has 0 saturated carbocycles. The number of hydrogen-bond donors (Lipinski definition) is 0. The van der Waals surface area contributed by atoms with Crippen LogP contribution in [0.2, 0.25) is 0 Å². The molecule has 0 rings (SSSR count). The first-order valence-corrected chi connectivity index (χ1v) is 5.93. The molecule has 4 heteroatoms. The molecule has 0 fully saturated rings. The quantitative estimate of drug-likeness (QED) is 0.698. The molecule has 0 N–H and O–H groups in total. The van der Waals surface area contributed by atoms with Crippen LogP contribution in [0.3, 0.4) is 0 Å². The van der Waals surface area contributed by atoms with Crippen molar-refractivity contribution in [3.05, 3.63) is 0 Å². The van der Waals surface area contributed by atoms with Crippen molar-refractivity contribution in [3.8, 4) is 0 Å². The number of nitrogens with zero attached hydrogens (tertiary/aromatic N) is 2. The Hall–Kier alpha value is -1.06. The third-order valence-corrected chi connectivity index (χ3v) is 2.06. The highest BCUT2D eigenvalue weighted by Gasteiger charge is 2.17. The van der Waals surface area contributed by atoms with E-state index in [9.17, 15) is 9.59 Å². The van der Waals surface area contributed by atoms with Crippen LogP contribution in [0.1, 0.15) is 47.5 Å². The normalized spacial score (nSPS) is 9.25. The Morgan fingerprint density at radius 1 is 1.00 bits per heavy atom. The molecule has 0 spiro atoms. The average molecular weight is 230 g/mol. The van der Waals surface area contributed by atoms with E-state index in [4.69, 9.17) is 0 Å². The summed E-state index contributed by atoms with van der Waals surface area (Å²) in [5.74, 6) is 0.240. The van der Waals surface area contributed by atoms with Gasteiger partial charge in [0.1, 0.15) is 0 Å². The smallest absolute Gasteiger partial charge is 0.241 e. The van der Waals surface area contributed by atoms with Crippen LogP contribution < -0.4 is 0 Å². The van der Waals surface area contributed by atoms with Gasteiger partial charge in [-0.1, -0.05) is 34.6 Å². The van der Waals surface area contributed by atoms with E-state index in [0.717, 1.165) is 0 Å². The topological polar surface area (TPSA) is 40.6 Å². The van der Waals surface area contributed by atoms with Crippen molar-refractivity contribution in [2.45, 2.75) is 47.5 Å². The Labute approximate surface area is 99.6 Å². The number of rotatable bonds is 3. The molecule has 16 heavy (non-hydrogen) atoms. The Bertz CT molecular complexity index is 215. The minimum atomic E-state index is -0.0513. The summed E-state index contributed by atoms with van der Waals surface area (Å²) >= 11 is 0. The van der Waals surface area contributed by atoms with Gasteiger partial charge in [-0.15, -0.1) is 0 Å². The molecule has 0 radical (unpaired) electrons. The first-order valence-electron chi connectivity index (χ1n) is 5.93. The summed E-state index contributed by atoms with van der Waals surface area (Å²) in [5.41, 5.74) is 0. The van der Waals surface area contributed by atoms with E-state index >= 15 is 0 Å². The van der Waals surface area contributed by atoms with Crippen LogP contribution in [0, 0.1) is 5.92 Å². The van der Waals surface area contributed by atoms with Crippen molar-refractivity contribution in [2.75, 3.05) is 14.1 Å². The summed E-state index contributed by atoms with van der Waals surface area (Å²) in [6.45, 7) is 9.74. The maximum Gasteiger partial charge on any atom is 0.241 e. The van der Waals surface area contributed by atoms with Crippen LogP contribution >= 0.6 is 0 Å². The predicted octanol–water partition coefficient (Wildman–Crippen LogP) is 2.30. The molecule has 96 valence electrons. The fraction of sp³-hybridized carbons (Fsp3) is 0.833. The summed E-state index contributed by atoms with van der Waals surface area (Å²) in [7, 11) is 3.24. The Morgan fingerprint density at radius 2 is 1.38 bits per heavy atom. The van der Waals surface area contributed by atoms with Gasteiger partial charge < -0.3 is 0 Å². The van der Waals surface area contributed by atoms with Crippen LogP contribution in [0.4, 0.5) is 0 Å². The lowest BCUT2D eigenvalue weighted by molar-refractivity contribution is -0.158. The van der Waals surface area contributed by atoms with Crippen molar-refractivity contribution < 1.29 is 9.59 Å². The van der Waals surface area contributed by atoms with E-state index in [0.29, 0.717) is 18.8 Å². The molecule has 0 bridgehead atoms. The highest BCUT2D eigenvalue weighted by Crippen LogP contribution is 2.05. The van der Waals surface area contributed by atoms with Crippen molar-refractivity contribution in [1.82, 2.24) is 10.0 Å². The van der Waals surface area contributed by atoms with Crippen molar-refractivity contribution in [3.63, 3.8) is 0 Å². The molecule has 0 unspecified atom stereocenters. The van der Waals surface area contributed by atoms with Crippen molar-refractivity contribution >= 4 is 11.8 Å². The molecule has 0 heterocycles. The largest absolute Gasteiger partial charge is 0.273 e. The second-order valence-electron chi connectivity index (χ2n) is 3.79. The molecular formula is C12H26N2O2. The van der Waals surface area contributed by atoms with E-state index in [1.807, 2.05) is 27.7 Å². The van der Waals surface area contributed by atoms with Crippen molar-refractivity contribution in [2.24, 2.45) is 5.92 Å². The number of hydrogen-bond acceptors (Lipinski definition) is 2. The van der Waals surface area contributed by atoms with Gasteiger partial charge in [-0.25, -0.2) is 0 Å². The Kier molecular flexibility index (Phi) is 9.96. The van der Waals surface area contributed by atoms with Gasteiger partial charge in [0.05, 0.1) is 0 Å². The lowest BCUT2D eigenvalue weighted by Gasteiger charge is -2.28. The highest BCUT2D eigenvalue weighted by atomic mass is 16.2. The van der Waals surface area contributed by atoms with Crippen molar-refractivity contribution in [1.29, 1.82) is 0 Å². The minimum Gasteiger partial charge on any atom is -0.273 e. The molecule has 0 aromatic carbocycles. The highest BCUT2D eigenvalue weighted by molar-refractivity contribution is 5.81. The molecule has 0 aromatic rings. The monoisotopic (exact) mass is 230 g/mol. The molecular weight excluding hydrogens is 204 g/mol. The number of hydrazine groups is 1. The van der Waals surface area contributed by atoms with Crippen LogP contribution in [-0.2, 0) is 9.59 Å². The average Bonchev–Trinajstić information content (AvgIpc) is 2.27. The molecule has 0 aliphatic carbocycles. The van der Waals surface area contributed by atoms with E-state index in [1.54, 1.807) is 21.0 Å². The number of carbonyl (C=O) groups excluding carboxylic acids is 2. The first-order chi connectivity index (χ1) is 7.40. The van der Waals surface area contributed by atoms with E-state index in [-0.39, 0.29) is 11.8 Å². The van der Waals surface area contributed by atoms with E-state index in [1.165, 1.54) is 10.0 Å². The van der Waals surface area contributed by atoms with E-state index < -0.39 is 0 Å². The Balaban J connectivity index is 0. The number of carbonyl (C=O) groups is 2. The second kappa shape index (κ2) is 9.19.